The lowest BCUT2D eigenvalue weighted by atomic mass is 9.99. The van der Waals surface area contributed by atoms with Crippen molar-refractivity contribution in [1.29, 1.82) is 0 Å². The number of nitrogens with one attached hydrogen (secondary N) is 4. The zero-order chi connectivity index (χ0) is 26.1. The molecule has 38 heavy (non-hydrogen) atoms. The van der Waals surface area contributed by atoms with Gasteiger partial charge in [0.1, 0.15) is 11.5 Å². The van der Waals surface area contributed by atoms with Gasteiger partial charge in [-0.2, -0.15) is 0 Å². The lowest BCUT2D eigenvalue weighted by Gasteiger charge is -2.38. The molecule has 4 heterocycles. The van der Waals surface area contributed by atoms with E-state index < -0.39 is 18.2 Å². The first-order valence-electron chi connectivity index (χ1n) is 12.4. The highest BCUT2D eigenvalue weighted by Crippen LogP contribution is 2.30. The third kappa shape index (κ3) is 6.00. The highest BCUT2D eigenvalue weighted by molar-refractivity contribution is 7.14. The number of anilines is 1. The molecule has 2 aliphatic rings. The van der Waals surface area contributed by atoms with Gasteiger partial charge in [0.15, 0.2) is 5.01 Å². The molecule has 1 saturated heterocycles. The minimum absolute atomic E-state index is 0. The summed E-state index contributed by atoms with van der Waals surface area (Å²) in [7, 11) is 0. The largest absolute Gasteiger partial charge is 0.450 e. The number of aryl methyl sites for hydroxylation is 1. The van der Waals surface area contributed by atoms with Crippen LogP contribution in [0.25, 0.3) is 10.9 Å². The number of likely N-dealkylation sites (tertiary alicyclic amines) is 1. The number of amides is 3. The summed E-state index contributed by atoms with van der Waals surface area (Å²) in [5.41, 5.74) is 1.15. The van der Waals surface area contributed by atoms with Gasteiger partial charge in [0, 0.05) is 39.9 Å². The zero-order valence-corrected chi connectivity index (χ0v) is 23.4. The van der Waals surface area contributed by atoms with E-state index in [0.717, 1.165) is 34.4 Å². The molecule has 0 aliphatic carbocycles. The Morgan fingerprint density at radius 1 is 1.18 bits per heavy atom. The predicted octanol–water partition coefficient (Wildman–Crippen LogP) is 4.21. The van der Waals surface area contributed by atoms with Crippen LogP contribution in [-0.2, 0) is 11.2 Å². The Morgan fingerprint density at radius 2 is 1.97 bits per heavy atom. The van der Waals surface area contributed by atoms with Crippen LogP contribution in [0.15, 0.2) is 24.3 Å². The normalized spacial score (nSPS) is 20.6. The molecule has 4 N–H and O–H groups in total. The van der Waals surface area contributed by atoms with Crippen LogP contribution in [0.1, 0.15) is 51.9 Å². The first-order valence-corrected chi connectivity index (χ1v) is 13.6. The summed E-state index contributed by atoms with van der Waals surface area (Å²) in [6.45, 7) is 4.69. The molecule has 1 fully saturated rings. The van der Waals surface area contributed by atoms with E-state index in [1.807, 2.05) is 6.07 Å². The van der Waals surface area contributed by atoms with Gasteiger partial charge in [-0.25, -0.2) is 9.78 Å². The Hall–Kier alpha value is -3.02. The maximum atomic E-state index is 13.2. The fraction of sp³-hybridized carbons (Fsp3) is 0.440. The average molecular weight is 582 g/mol. The number of aromatic nitrogens is 2. The van der Waals surface area contributed by atoms with Gasteiger partial charge in [-0.1, -0.05) is 11.6 Å². The molecule has 3 amide bonds. The van der Waals surface area contributed by atoms with Crippen LogP contribution >= 0.6 is 35.3 Å². The van der Waals surface area contributed by atoms with Gasteiger partial charge in [0.25, 0.3) is 11.8 Å². The third-order valence-corrected chi connectivity index (χ3v) is 8.03. The van der Waals surface area contributed by atoms with Crippen molar-refractivity contribution in [2.24, 2.45) is 0 Å². The first kappa shape index (κ1) is 28.0. The molecule has 2 aliphatic heterocycles. The highest BCUT2D eigenvalue weighted by atomic mass is 35.5. The van der Waals surface area contributed by atoms with Gasteiger partial charge in [-0.15, -0.1) is 23.7 Å². The van der Waals surface area contributed by atoms with Crippen molar-refractivity contribution >= 4 is 70.0 Å². The van der Waals surface area contributed by atoms with E-state index in [1.54, 1.807) is 30.0 Å². The van der Waals surface area contributed by atoms with Crippen LogP contribution < -0.4 is 16.0 Å². The summed E-state index contributed by atoms with van der Waals surface area (Å²) in [4.78, 5) is 49.0. The maximum absolute atomic E-state index is 13.2. The van der Waals surface area contributed by atoms with Crippen LogP contribution in [0.4, 0.5) is 10.6 Å². The number of fused-ring (bicyclic) bond motifs is 2. The van der Waals surface area contributed by atoms with Crippen LogP contribution in [0.5, 0.6) is 0 Å². The molecule has 0 bridgehead atoms. The molecule has 3 atom stereocenters. The van der Waals surface area contributed by atoms with Crippen molar-refractivity contribution in [3.05, 3.63) is 44.9 Å². The molecule has 1 unspecified atom stereocenters. The number of ether oxygens (including phenoxy) is 1. The summed E-state index contributed by atoms with van der Waals surface area (Å²) >= 11 is 7.47. The van der Waals surface area contributed by atoms with Crippen molar-refractivity contribution in [2.75, 3.05) is 25.0 Å². The topological polar surface area (TPSA) is 128 Å². The van der Waals surface area contributed by atoms with Gasteiger partial charge in [-0.3, -0.25) is 9.59 Å². The molecular weight excluding hydrogens is 551 g/mol. The molecule has 0 radical (unpaired) electrons. The van der Waals surface area contributed by atoms with Crippen molar-refractivity contribution in [3.8, 4) is 0 Å². The van der Waals surface area contributed by atoms with E-state index in [4.69, 9.17) is 16.3 Å². The molecular formula is C25H30Cl2N6O4S. The molecule has 204 valence electrons. The number of thiazole rings is 1. The van der Waals surface area contributed by atoms with Crippen molar-refractivity contribution in [2.45, 2.75) is 51.2 Å². The fourth-order valence-corrected chi connectivity index (χ4v) is 5.86. The Labute approximate surface area is 235 Å². The van der Waals surface area contributed by atoms with Gasteiger partial charge >= 0.3 is 6.09 Å². The molecule has 2 aromatic heterocycles. The van der Waals surface area contributed by atoms with E-state index in [-0.39, 0.29) is 37.4 Å². The number of aromatic amines is 1. The van der Waals surface area contributed by atoms with E-state index >= 15 is 0 Å². The van der Waals surface area contributed by atoms with Crippen LogP contribution in [0, 0.1) is 0 Å². The molecule has 10 nitrogen and oxygen atoms in total. The summed E-state index contributed by atoms with van der Waals surface area (Å²) in [6.07, 6.45) is 1.90. The van der Waals surface area contributed by atoms with Crippen LogP contribution in [0.3, 0.4) is 0 Å². The SMILES string of the molecule is CCOC(=O)N1CC[C@H](NC(=O)c2nc3c(s2)CCC(C)N3)[C@H](NC(=O)c2cc3cc(Cl)ccc3[nH]2)C1.Cl. The smallest absolute Gasteiger partial charge is 0.409 e. The Morgan fingerprint density at radius 3 is 2.76 bits per heavy atom. The van der Waals surface area contributed by atoms with Crippen LogP contribution in [-0.4, -0.2) is 70.6 Å². The van der Waals surface area contributed by atoms with E-state index in [1.165, 1.54) is 11.3 Å². The van der Waals surface area contributed by atoms with Crippen LogP contribution in [0.2, 0.25) is 5.02 Å². The molecule has 13 heteroatoms. The number of piperidine rings is 1. The molecule has 0 saturated carbocycles. The van der Waals surface area contributed by atoms with Gasteiger partial charge < -0.3 is 30.6 Å². The van der Waals surface area contributed by atoms with E-state index in [9.17, 15) is 14.4 Å². The first-order chi connectivity index (χ1) is 17.8. The number of H-pyrrole nitrogens is 1. The minimum atomic E-state index is -0.530. The second-order valence-electron chi connectivity index (χ2n) is 9.38. The summed E-state index contributed by atoms with van der Waals surface area (Å²) in [6, 6.07) is 6.45. The fourth-order valence-electron chi connectivity index (χ4n) is 4.74. The Balaban J connectivity index is 0.00000336. The molecule has 0 spiro atoms. The van der Waals surface area contributed by atoms with Gasteiger partial charge in [-0.05, 0) is 57.4 Å². The number of benzene rings is 1. The number of rotatable bonds is 5. The molecule has 5 rings (SSSR count). The molecule has 1 aromatic carbocycles. The Kier molecular flexibility index (Phi) is 8.69. The number of carbonyl (C=O) groups is 3. The summed E-state index contributed by atoms with van der Waals surface area (Å²) < 4.78 is 5.16. The van der Waals surface area contributed by atoms with Gasteiger partial charge in [0.05, 0.1) is 18.7 Å². The maximum Gasteiger partial charge on any atom is 0.409 e. The summed E-state index contributed by atoms with van der Waals surface area (Å²) in [5, 5.41) is 11.2. The predicted molar refractivity (Wildman–Crippen MR) is 150 cm³/mol. The van der Waals surface area contributed by atoms with Gasteiger partial charge in [0.2, 0.25) is 0 Å². The van der Waals surface area contributed by atoms with E-state index in [0.29, 0.717) is 34.7 Å². The molecule has 3 aromatic rings. The number of halogens is 2. The minimum Gasteiger partial charge on any atom is -0.450 e. The van der Waals surface area contributed by atoms with E-state index in [2.05, 4.69) is 32.8 Å². The zero-order valence-electron chi connectivity index (χ0n) is 21.0. The lowest BCUT2D eigenvalue weighted by Crippen LogP contribution is -2.61. The number of hydrogen-bond acceptors (Lipinski definition) is 7. The quantitative estimate of drug-likeness (QED) is 0.358. The standard InChI is InChI=1S/C25H29ClN6O4S.ClH/c1-3-36-25(35)32-9-8-17(29-23(34)24-31-21-20(37-24)7-4-13(2)27-21)19(12-32)30-22(33)18-11-14-10-15(26)5-6-16(14)28-18;/h5-6,10-11,13,17,19,27-28H,3-4,7-9,12H2,1-2H3,(H,29,34)(H,30,33);1H/t13?,17-,19+;/m0./s1. The number of carbonyl (C=O) groups excluding carboxylic acids is 3. The lowest BCUT2D eigenvalue weighted by molar-refractivity contribution is 0.0720. The highest BCUT2D eigenvalue weighted by Gasteiger charge is 2.35. The summed E-state index contributed by atoms with van der Waals surface area (Å²) in [5.74, 6) is 0.142. The number of hydrogen-bond donors (Lipinski definition) is 4. The second kappa shape index (κ2) is 11.8. The third-order valence-electron chi connectivity index (χ3n) is 6.68. The number of nitrogens with zero attached hydrogens (tertiary/aromatic N) is 2. The van der Waals surface area contributed by atoms with Crippen molar-refractivity contribution in [3.63, 3.8) is 0 Å². The second-order valence-corrected chi connectivity index (χ2v) is 10.9. The van der Waals surface area contributed by atoms with Crippen molar-refractivity contribution < 1.29 is 19.1 Å². The Bertz CT molecular complexity index is 1340. The monoisotopic (exact) mass is 580 g/mol. The average Bonchev–Trinajstić information content (AvgIpc) is 3.49. The van der Waals surface area contributed by atoms with Crippen molar-refractivity contribution in [1.82, 2.24) is 25.5 Å².